The Morgan fingerprint density at radius 3 is 2.34 bits per heavy atom. The monoisotopic (exact) mass is 620 g/mol. The minimum Gasteiger partial charge on any atom is -0.481 e. The van der Waals surface area contributed by atoms with Gasteiger partial charge in [0, 0.05) is 63.6 Å². The van der Waals surface area contributed by atoms with Crippen molar-refractivity contribution in [2.75, 3.05) is 0 Å². The highest BCUT2D eigenvalue weighted by molar-refractivity contribution is 7.80. The van der Waals surface area contributed by atoms with Crippen LogP contribution in [0.25, 0.3) is 18.2 Å². The molecule has 1 saturated heterocycles. The van der Waals surface area contributed by atoms with Crippen LogP contribution in [0.3, 0.4) is 0 Å². The molecule has 0 saturated carbocycles. The number of nitrogens with one attached hydrogen (secondary N) is 3. The average molecular weight is 621 g/mol. The zero-order valence-corrected chi connectivity index (χ0v) is 26.8. The number of allylic oxidation sites excluding steroid dienone is 2. The van der Waals surface area contributed by atoms with Gasteiger partial charge in [0.05, 0.1) is 12.1 Å². The number of amides is 2. The van der Waals surface area contributed by atoms with Crippen LogP contribution in [0.2, 0.25) is 0 Å². The van der Waals surface area contributed by atoms with Crippen molar-refractivity contribution < 1.29 is 29.4 Å². The molecule has 44 heavy (non-hydrogen) atoms. The van der Waals surface area contributed by atoms with Gasteiger partial charge in [-0.3, -0.25) is 19.2 Å². The lowest BCUT2D eigenvalue weighted by atomic mass is 9.91. The minimum atomic E-state index is -0.973. The van der Waals surface area contributed by atoms with Gasteiger partial charge in [-0.1, -0.05) is 26.8 Å². The Bertz CT molecular complexity index is 1750. The summed E-state index contributed by atoms with van der Waals surface area (Å²) in [5.74, 6) is -2.53. The van der Waals surface area contributed by atoms with Crippen molar-refractivity contribution in [2.45, 2.75) is 78.9 Å². The molecule has 0 spiro atoms. The fraction of sp³-hybridized carbons (Fsp3) is 0.424. The molecule has 234 valence electrons. The number of aliphatic carboxylic acids is 2. The first-order valence-corrected chi connectivity index (χ1v) is 15.3. The van der Waals surface area contributed by atoms with E-state index in [1.807, 2.05) is 53.7 Å². The summed E-state index contributed by atoms with van der Waals surface area (Å²) in [6.45, 7) is 11.5. The van der Waals surface area contributed by atoms with Gasteiger partial charge < -0.3 is 25.5 Å². The van der Waals surface area contributed by atoms with Gasteiger partial charge in [0.25, 0.3) is 5.91 Å². The summed E-state index contributed by atoms with van der Waals surface area (Å²) < 4.78 is 0. The number of aromatic nitrogens is 2. The fourth-order valence-electron chi connectivity index (χ4n) is 6.18. The summed E-state index contributed by atoms with van der Waals surface area (Å²) in [5, 5.41) is 23.1. The molecule has 10 nitrogen and oxygen atoms in total. The number of aromatic amines is 2. The van der Waals surface area contributed by atoms with Crippen LogP contribution >= 0.6 is 12.6 Å². The van der Waals surface area contributed by atoms with Gasteiger partial charge in [0.15, 0.2) is 0 Å². The van der Waals surface area contributed by atoms with E-state index in [9.17, 15) is 29.4 Å². The number of hydrogen-bond donors (Lipinski definition) is 6. The third-order valence-electron chi connectivity index (χ3n) is 8.72. The van der Waals surface area contributed by atoms with E-state index in [1.54, 1.807) is 6.08 Å². The van der Waals surface area contributed by atoms with Gasteiger partial charge in [-0.05, 0) is 73.2 Å². The van der Waals surface area contributed by atoms with Gasteiger partial charge >= 0.3 is 11.9 Å². The van der Waals surface area contributed by atoms with Crippen LogP contribution in [0.1, 0.15) is 80.7 Å². The minimum absolute atomic E-state index is 0.0710. The van der Waals surface area contributed by atoms with Crippen LogP contribution in [0, 0.1) is 25.7 Å². The molecule has 0 aliphatic carbocycles. The highest BCUT2D eigenvalue weighted by Gasteiger charge is 2.37. The SMILES string of the molecule is CCC1=C(C)C(Cc2[nH]c(/C=c3\[nH]c(/C=C4\NC(=O)[C@H](C)[C@H]4[C@@H](C)S)c(C)\c3=C/CC(=O)O)c(CCC(=O)O)c2C)=NC1=O. The van der Waals surface area contributed by atoms with E-state index in [1.165, 1.54) is 0 Å². The summed E-state index contributed by atoms with van der Waals surface area (Å²) in [5.41, 5.74) is 7.76. The molecule has 1 fully saturated rings. The van der Waals surface area contributed by atoms with Crippen LogP contribution in [0.15, 0.2) is 21.8 Å². The van der Waals surface area contributed by atoms with Gasteiger partial charge in [-0.2, -0.15) is 12.6 Å². The lowest BCUT2D eigenvalue weighted by Gasteiger charge is -2.17. The molecule has 5 N–H and O–H groups in total. The predicted molar refractivity (Wildman–Crippen MR) is 173 cm³/mol. The number of thiol groups is 1. The molecule has 0 bridgehead atoms. The van der Waals surface area contributed by atoms with Crippen molar-refractivity contribution in [1.82, 2.24) is 15.3 Å². The Balaban J connectivity index is 1.88. The zero-order valence-electron chi connectivity index (χ0n) is 25.9. The topological polar surface area (TPSA) is 165 Å². The average Bonchev–Trinajstić information content (AvgIpc) is 3.59. The van der Waals surface area contributed by atoms with Crippen LogP contribution in [0.4, 0.5) is 0 Å². The maximum Gasteiger partial charge on any atom is 0.307 e. The van der Waals surface area contributed by atoms with Gasteiger partial charge in [0.1, 0.15) is 0 Å². The Morgan fingerprint density at radius 1 is 1.05 bits per heavy atom. The first kappa shape index (κ1) is 32.8. The number of carbonyl (C=O) groups is 4. The van der Waals surface area contributed by atoms with Crippen molar-refractivity contribution in [2.24, 2.45) is 16.8 Å². The number of carboxylic acid groups (broad SMARTS) is 2. The molecule has 4 rings (SSSR count). The zero-order chi connectivity index (χ0) is 32.5. The largest absolute Gasteiger partial charge is 0.481 e. The molecule has 3 atom stereocenters. The summed E-state index contributed by atoms with van der Waals surface area (Å²) in [6, 6.07) is 0. The molecular formula is C33H40N4O6S. The second-order valence-corrected chi connectivity index (χ2v) is 12.4. The predicted octanol–water partition coefficient (Wildman–Crippen LogP) is 3.35. The van der Waals surface area contributed by atoms with Gasteiger partial charge in [-0.25, -0.2) is 4.99 Å². The van der Waals surface area contributed by atoms with Crippen LogP contribution in [-0.4, -0.2) is 54.9 Å². The van der Waals surface area contributed by atoms with E-state index in [0.717, 1.165) is 39.3 Å². The Kier molecular flexibility index (Phi) is 9.88. The van der Waals surface area contributed by atoms with Crippen molar-refractivity contribution in [3.8, 4) is 0 Å². The summed E-state index contributed by atoms with van der Waals surface area (Å²) in [7, 11) is 0. The molecule has 0 aromatic carbocycles. The van der Waals surface area contributed by atoms with E-state index in [0.29, 0.717) is 40.4 Å². The highest BCUT2D eigenvalue weighted by Crippen LogP contribution is 2.33. The highest BCUT2D eigenvalue weighted by atomic mass is 32.1. The number of aliphatic imine (C=N–C) groups is 1. The second-order valence-electron chi connectivity index (χ2n) is 11.6. The summed E-state index contributed by atoms with van der Waals surface area (Å²) in [6.07, 6.45) is 6.39. The molecule has 2 aliphatic rings. The van der Waals surface area contributed by atoms with Crippen molar-refractivity contribution in [1.29, 1.82) is 0 Å². The third kappa shape index (κ3) is 6.67. The van der Waals surface area contributed by atoms with Gasteiger partial charge in [0.2, 0.25) is 5.91 Å². The lowest BCUT2D eigenvalue weighted by molar-refractivity contribution is -0.137. The Labute approximate surface area is 261 Å². The molecule has 2 amide bonds. The number of hydrogen-bond acceptors (Lipinski definition) is 5. The molecule has 2 aromatic heterocycles. The van der Waals surface area contributed by atoms with Crippen LogP contribution < -0.4 is 15.9 Å². The molecule has 0 radical (unpaired) electrons. The maximum absolute atomic E-state index is 12.5. The van der Waals surface area contributed by atoms with Crippen molar-refractivity contribution in [3.63, 3.8) is 0 Å². The van der Waals surface area contributed by atoms with Crippen molar-refractivity contribution in [3.05, 3.63) is 61.2 Å². The normalized spacial score (nSPS) is 21.1. The molecule has 4 heterocycles. The van der Waals surface area contributed by atoms with E-state index in [2.05, 4.69) is 32.9 Å². The molecule has 2 aromatic rings. The Hall–Kier alpha value is -4.12. The quantitative estimate of drug-likeness (QED) is 0.211. The van der Waals surface area contributed by atoms with Gasteiger partial charge in [-0.15, -0.1) is 0 Å². The molecule has 0 unspecified atom stereocenters. The lowest BCUT2D eigenvalue weighted by Crippen LogP contribution is -2.25. The summed E-state index contributed by atoms with van der Waals surface area (Å²) in [4.78, 5) is 59.1. The number of rotatable bonds is 11. The van der Waals surface area contributed by atoms with E-state index in [4.69, 9.17) is 0 Å². The summed E-state index contributed by atoms with van der Waals surface area (Å²) >= 11 is 4.62. The second kappa shape index (κ2) is 13.3. The van der Waals surface area contributed by atoms with E-state index < -0.39 is 11.9 Å². The fourth-order valence-corrected chi connectivity index (χ4v) is 6.60. The van der Waals surface area contributed by atoms with Crippen LogP contribution in [0.5, 0.6) is 0 Å². The van der Waals surface area contributed by atoms with E-state index >= 15 is 0 Å². The number of nitrogens with zero attached hydrogens (tertiary/aromatic N) is 1. The Morgan fingerprint density at radius 2 is 1.75 bits per heavy atom. The number of carboxylic acids is 2. The number of H-pyrrole nitrogens is 2. The smallest absolute Gasteiger partial charge is 0.307 e. The molecule has 11 heteroatoms. The molecular weight excluding hydrogens is 580 g/mol. The maximum atomic E-state index is 12.5. The van der Waals surface area contributed by atoms with Crippen molar-refractivity contribution >= 4 is 60.3 Å². The standard InChI is InChI=1S/C33H40N4O6S/c1-7-20-15(2)25(36-33(20)43)12-23-16(3)21(8-10-29(38)39)26(34-23)14-27-22(9-11-30(40)41)17(4)24(35-27)13-28-31(19(6)44)18(5)32(42)37-28/h9,13-14,18-19,31,34-35,44H,7-8,10-12H2,1-6H3,(H,37,42)(H,38,39)(H,40,41)/b22-9+,27-14-,28-13-/t18-,19-,31+/m1/s1. The van der Waals surface area contributed by atoms with E-state index in [-0.39, 0.29) is 48.2 Å². The third-order valence-corrected chi connectivity index (χ3v) is 9.04. The van der Waals surface area contributed by atoms with Crippen LogP contribution in [-0.2, 0) is 32.0 Å². The first-order chi connectivity index (χ1) is 20.7. The number of carbonyl (C=O) groups excluding carboxylic acids is 2. The molecule has 2 aliphatic heterocycles. The first-order valence-electron chi connectivity index (χ1n) is 14.8.